The van der Waals surface area contributed by atoms with E-state index in [2.05, 4.69) is 20.9 Å². The van der Waals surface area contributed by atoms with E-state index in [0.29, 0.717) is 13.1 Å². The van der Waals surface area contributed by atoms with Crippen LogP contribution in [0.15, 0.2) is 6.20 Å². The zero-order chi connectivity index (χ0) is 11.1. The Morgan fingerprint density at radius 1 is 1.67 bits per heavy atom. The predicted octanol–water partition coefficient (Wildman–Crippen LogP) is -1.89. The maximum absolute atomic E-state index is 10.9. The van der Waals surface area contributed by atoms with Gasteiger partial charge in [0.25, 0.3) is 0 Å². The molecule has 0 unspecified atom stereocenters. The molecule has 0 saturated heterocycles. The van der Waals surface area contributed by atoms with Gasteiger partial charge in [0, 0.05) is 19.8 Å². The molecular weight excluding hydrogens is 198 g/mol. The molecule has 0 spiro atoms. The lowest BCUT2D eigenvalue weighted by Crippen LogP contribution is -2.31. The third-order valence-corrected chi connectivity index (χ3v) is 1.79. The van der Waals surface area contributed by atoms with Crippen LogP contribution >= 0.6 is 0 Å². The largest absolute Gasteiger partial charge is 0.394 e. The van der Waals surface area contributed by atoms with Gasteiger partial charge in [0.05, 0.1) is 25.4 Å². The molecule has 0 aliphatic rings. The smallest absolute Gasteiger partial charge is 0.233 e. The van der Waals surface area contributed by atoms with Gasteiger partial charge in [0.2, 0.25) is 5.91 Å². The van der Waals surface area contributed by atoms with Crippen LogP contribution in [0.1, 0.15) is 5.69 Å². The average Bonchev–Trinajstić information content (AvgIpc) is 2.66. The van der Waals surface area contributed by atoms with Crippen molar-refractivity contribution in [1.82, 2.24) is 25.6 Å². The normalized spacial score (nSPS) is 10.3. The first kappa shape index (κ1) is 11.6. The molecular formula is C8H15N5O2. The van der Waals surface area contributed by atoms with E-state index in [-0.39, 0.29) is 19.1 Å². The van der Waals surface area contributed by atoms with Gasteiger partial charge in [-0.1, -0.05) is 5.21 Å². The zero-order valence-electron chi connectivity index (χ0n) is 8.60. The summed E-state index contributed by atoms with van der Waals surface area (Å²) in [7, 11) is 1.58. The summed E-state index contributed by atoms with van der Waals surface area (Å²) in [6, 6.07) is 0. The summed E-state index contributed by atoms with van der Waals surface area (Å²) in [5.74, 6) is -0.0715. The Balaban J connectivity index is 2.28. The van der Waals surface area contributed by atoms with Crippen LogP contribution in [0.3, 0.4) is 0 Å². The molecule has 0 aromatic carbocycles. The van der Waals surface area contributed by atoms with E-state index >= 15 is 0 Å². The minimum absolute atomic E-state index is 0.0362. The number of nitrogens with one attached hydrogen (secondary N) is 2. The predicted molar refractivity (Wildman–Crippen MR) is 52.9 cm³/mol. The van der Waals surface area contributed by atoms with Crippen LogP contribution in [0.2, 0.25) is 0 Å². The van der Waals surface area contributed by atoms with Crippen molar-refractivity contribution in [3.63, 3.8) is 0 Å². The number of carbonyl (C=O) groups excluding carboxylic acids is 1. The molecule has 3 N–H and O–H groups in total. The van der Waals surface area contributed by atoms with E-state index in [1.165, 1.54) is 0 Å². The molecule has 1 aromatic rings. The van der Waals surface area contributed by atoms with Crippen molar-refractivity contribution < 1.29 is 9.90 Å². The van der Waals surface area contributed by atoms with Crippen molar-refractivity contribution in [3.05, 3.63) is 11.9 Å². The van der Waals surface area contributed by atoms with Gasteiger partial charge in [-0.15, -0.1) is 5.10 Å². The Morgan fingerprint density at radius 2 is 2.47 bits per heavy atom. The fraction of sp³-hybridized carbons (Fsp3) is 0.625. The van der Waals surface area contributed by atoms with Crippen LogP contribution in [0.5, 0.6) is 0 Å². The van der Waals surface area contributed by atoms with Crippen LogP contribution < -0.4 is 10.6 Å². The first-order chi connectivity index (χ1) is 7.26. The number of nitrogens with zero attached hydrogens (tertiary/aromatic N) is 3. The minimum Gasteiger partial charge on any atom is -0.394 e. The standard InChI is InChI=1S/C8H15N5O2/c1-9-8(15)5-10-4-7-6-13(2-3-14)12-11-7/h6,10,14H,2-5H2,1H3,(H,9,15). The van der Waals surface area contributed by atoms with E-state index in [0.717, 1.165) is 5.69 Å². The van der Waals surface area contributed by atoms with E-state index in [4.69, 9.17) is 5.11 Å². The topological polar surface area (TPSA) is 92.1 Å². The number of aromatic nitrogens is 3. The highest BCUT2D eigenvalue weighted by Gasteiger charge is 2.01. The highest BCUT2D eigenvalue weighted by atomic mass is 16.3. The van der Waals surface area contributed by atoms with Gasteiger partial charge in [-0.25, -0.2) is 4.68 Å². The molecule has 0 atom stereocenters. The first-order valence-corrected chi connectivity index (χ1v) is 4.67. The summed E-state index contributed by atoms with van der Waals surface area (Å²) in [6.07, 6.45) is 1.73. The summed E-state index contributed by atoms with van der Waals surface area (Å²) in [5.41, 5.74) is 0.743. The summed E-state index contributed by atoms with van der Waals surface area (Å²) < 4.78 is 1.55. The van der Waals surface area contributed by atoms with Gasteiger partial charge < -0.3 is 15.7 Å². The molecule has 1 heterocycles. The number of amides is 1. The summed E-state index contributed by atoms with van der Waals surface area (Å²) in [5, 5.41) is 21.7. The van der Waals surface area contributed by atoms with Gasteiger partial charge in [-0.3, -0.25) is 4.79 Å². The van der Waals surface area contributed by atoms with Crippen molar-refractivity contribution in [3.8, 4) is 0 Å². The third-order valence-electron chi connectivity index (χ3n) is 1.79. The monoisotopic (exact) mass is 213 g/mol. The Labute approximate surface area is 87.5 Å². The number of aliphatic hydroxyl groups is 1. The quantitative estimate of drug-likeness (QED) is 0.513. The molecule has 7 nitrogen and oxygen atoms in total. The molecule has 0 bridgehead atoms. The number of hydrogen-bond acceptors (Lipinski definition) is 5. The Kier molecular flexibility index (Phi) is 4.72. The zero-order valence-corrected chi connectivity index (χ0v) is 8.60. The van der Waals surface area contributed by atoms with Gasteiger partial charge in [0.15, 0.2) is 0 Å². The van der Waals surface area contributed by atoms with Crippen molar-refractivity contribution in [2.24, 2.45) is 0 Å². The second kappa shape index (κ2) is 6.10. The molecule has 0 saturated carbocycles. The molecule has 0 fully saturated rings. The second-order valence-electron chi connectivity index (χ2n) is 2.97. The third kappa shape index (κ3) is 4.05. The summed E-state index contributed by atoms with van der Waals surface area (Å²) in [4.78, 5) is 10.9. The molecule has 0 aliphatic carbocycles. The lowest BCUT2D eigenvalue weighted by atomic mass is 10.4. The fourth-order valence-electron chi connectivity index (χ4n) is 1.02. The van der Waals surface area contributed by atoms with Crippen LogP contribution in [0.25, 0.3) is 0 Å². The van der Waals surface area contributed by atoms with E-state index in [1.807, 2.05) is 0 Å². The van der Waals surface area contributed by atoms with E-state index < -0.39 is 0 Å². The van der Waals surface area contributed by atoms with Crippen molar-refractivity contribution in [2.45, 2.75) is 13.1 Å². The fourth-order valence-corrected chi connectivity index (χ4v) is 1.02. The Bertz CT molecular complexity index is 312. The molecule has 1 rings (SSSR count). The highest BCUT2D eigenvalue weighted by molar-refractivity contribution is 5.77. The van der Waals surface area contributed by atoms with Gasteiger partial charge in [-0.05, 0) is 0 Å². The Morgan fingerprint density at radius 3 is 3.13 bits per heavy atom. The number of carbonyl (C=O) groups is 1. The number of aliphatic hydroxyl groups excluding tert-OH is 1. The molecule has 1 aromatic heterocycles. The SMILES string of the molecule is CNC(=O)CNCc1cn(CCO)nn1. The van der Waals surface area contributed by atoms with Crippen LogP contribution in [-0.4, -0.2) is 46.2 Å². The number of rotatable bonds is 6. The molecule has 15 heavy (non-hydrogen) atoms. The maximum atomic E-state index is 10.9. The van der Waals surface area contributed by atoms with Crippen LogP contribution in [-0.2, 0) is 17.9 Å². The minimum atomic E-state index is -0.0715. The molecule has 0 aliphatic heterocycles. The second-order valence-corrected chi connectivity index (χ2v) is 2.97. The van der Waals surface area contributed by atoms with E-state index in [9.17, 15) is 4.79 Å². The molecule has 0 radical (unpaired) electrons. The van der Waals surface area contributed by atoms with Crippen LogP contribution in [0, 0.1) is 0 Å². The molecule has 7 heteroatoms. The summed E-state index contributed by atoms with van der Waals surface area (Å²) >= 11 is 0. The molecule has 84 valence electrons. The highest BCUT2D eigenvalue weighted by Crippen LogP contribution is 1.91. The number of likely N-dealkylation sites (N-methyl/N-ethyl adjacent to an activating group) is 1. The van der Waals surface area contributed by atoms with Gasteiger partial charge >= 0.3 is 0 Å². The van der Waals surface area contributed by atoms with Gasteiger partial charge in [-0.2, -0.15) is 0 Å². The van der Waals surface area contributed by atoms with Gasteiger partial charge in [0.1, 0.15) is 0 Å². The first-order valence-electron chi connectivity index (χ1n) is 4.67. The lowest BCUT2D eigenvalue weighted by molar-refractivity contribution is -0.119. The van der Waals surface area contributed by atoms with E-state index in [1.54, 1.807) is 17.9 Å². The Hall–Kier alpha value is -1.47. The maximum Gasteiger partial charge on any atom is 0.233 e. The van der Waals surface area contributed by atoms with Crippen molar-refractivity contribution >= 4 is 5.91 Å². The van der Waals surface area contributed by atoms with Crippen LogP contribution in [0.4, 0.5) is 0 Å². The van der Waals surface area contributed by atoms with Crippen molar-refractivity contribution in [1.29, 1.82) is 0 Å². The lowest BCUT2D eigenvalue weighted by Gasteiger charge is -1.99. The molecule has 1 amide bonds. The summed E-state index contributed by atoms with van der Waals surface area (Å²) in [6.45, 7) is 1.21. The van der Waals surface area contributed by atoms with Crippen molar-refractivity contribution in [2.75, 3.05) is 20.2 Å². The number of hydrogen-bond donors (Lipinski definition) is 3. The average molecular weight is 213 g/mol.